The minimum Gasteiger partial charge on any atom is -0.466 e. The van der Waals surface area contributed by atoms with Crippen molar-refractivity contribution in [1.82, 2.24) is 14.8 Å². The van der Waals surface area contributed by atoms with E-state index in [-0.39, 0.29) is 23.6 Å². The van der Waals surface area contributed by atoms with E-state index in [1.807, 2.05) is 31.5 Å². The van der Waals surface area contributed by atoms with Crippen LogP contribution in [0.3, 0.4) is 0 Å². The van der Waals surface area contributed by atoms with Crippen LogP contribution in [0.15, 0.2) is 29.2 Å². The molecule has 0 spiro atoms. The van der Waals surface area contributed by atoms with Gasteiger partial charge in [-0.25, -0.2) is 9.94 Å². The lowest BCUT2D eigenvalue weighted by molar-refractivity contribution is -0.156. The van der Waals surface area contributed by atoms with E-state index < -0.39 is 5.41 Å². The summed E-state index contributed by atoms with van der Waals surface area (Å²) in [5.74, 6) is 3.35. The zero-order valence-corrected chi connectivity index (χ0v) is 18.7. The Labute approximate surface area is 183 Å². The van der Waals surface area contributed by atoms with Crippen molar-refractivity contribution in [3.05, 3.63) is 40.3 Å². The van der Waals surface area contributed by atoms with Gasteiger partial charge in [-0.15, -0.1) is 0 Å². The van der Waals surface area contributed by atoms with Gasteiger partial charge >= 0.3 is 5.97 Å². The van der Waals surface area contributed by atoms with Crippen LogP contribution >= 0.6 is 0 Å². The van der Waals surface area contributed by atoms with Crippen LogP contribution in [0.2, 0.25) is 12.6 Å². The van der Waals surface area contributed by atoms with Crippen molar-refractivity contribution < 1.29 is 9.53 Å². The molecule has 9 heteroatoms. The number of esters is 1. The third-order valence-corrected chi connectivity index (χ3v) is 5.80. The number of carbonyl (C=O) groups excluding carboxylic acids is 1. The van der Waals surface area contributed by atoms with Crippen LogP contribution < -0.4 is 10.7 Å². The fraction of sp³-hybridized carbons (Fsp3) is 0.545. The van der Waals surface area contributed by atoms with Crippen molar-refractivity contribution in [3.63, 3.8) is 0 Å². The van der Waals surface area contributed by atoms with Crippen molar-refractivity contribution in [3.8, 4) is 5.97 Å². The fourth-order valence-corrected chi connectivity index (χ4v) is 4.24. The van der Waals surface area contributed by atoms with Crippen LogP contribution in [0.5, 0.6) is 0 Å². The number of nitrogens with one attached hydrogen (secondary N) is 2. The van der Waals surface area contributed by atoms with Gasteiger partial charge in [0, 0.05) is 36.3 Å². The predicted molar refractivity (Wildman–Crippen MR) is 121 cm³/mol. The number of carbonyl (C=O) groups is 1. The molecule has 3 heterocycles. The maximum Gasteiger partial charge on any atom is 0.312 e. The molecule has 0 bridgehead atoms. The van der Waals surface area contributed by atoms with Crippen LogP contribution in [-0.4, -0.2) is 34.1 Å². The average molecular weight is 423 g/mol. The van der Waals surface area contributed by atoms with Gasteiger partial charge < -0.3 is 15.0 Å². The van der Waals surface area contributed by atoms with Crippen molar-refractivity contribution in [2.24, 2.45) is 5.41 Å². The summed E-state index contributed by atoms with van der Waals surface area (Å²) in [6.07, 6.45) is 4.53. The molecular formula is C22H30BN5O3. The van der Waals surface area contributed by atoms with Gasteiger partial charge in [0.2, 0.25) is 0 Å². The number of rotatable bonds is 6. The summed E-state index contributed by atoms with van der Waals surface area (Å²) in [6, 6.07) is 4.87. The highest BCUT2D eigenvalue weighted by molar-refractivity contribution is 6.67. The molecule has 31 heavy (non-hydrogen) atoms. The van der Waals surface area contributed by atoms with E-state index in [4.69, 9.17) is 4.74 Å². The lowest BCUT2D eigenvalue weighted by atomic mass is 9.39. The second kappa shape index (κ2) is 9.00. The molecule has 1 saturated heterocycles. The van der Waals surface area contributed by atoms with Gasteiger partial charge in [0.05, 0.1) is 23.8 Å². The number of hydrogen-bond donors (Lipinski definition) is 2. The monoisotopic (exact) mass is 423 g/mol. The van der Waals surface area contributed by atoms with Gasteiger partial charge in [0.25, 0.3) is 6.71 Å². The zero-order chi connectivity index (χ0) is 22.6. The number of anilines is 2. The topological polar surface area (TPSA) is 113 Å². The lowest BCUT2D eigenvalue weighted by Crippen LogP contribution is -2.40. The van der Waals surface area contributed by atoms with Gasteiger partial charge in [0.1, 0.15) is 11.6 Å². The number of ether oxygens (including phenoxy) is 1. The maximum absolute atomic E-state index is 12.9. The van der Waals surface area contributed by atoms with E-state index in [2.05, 4.69) is 21.4 Å². The quantitative estimate of drug-likeness (QED) is 0.543. The van der Waals surface area contributed by atoms with E-state index in [1.54, 1.807) is 13.1 Å². The zero-order valence-electron chi connectivity index (χ0n) is 18.7. The summed E-state index contributed by atoms with van der Waals surface area (Å²) in [7, 11) is 0. The highest BCUT2D eigenvalue weighted by atomic mass is 16.5. The van der Waals surface area contributed by atoms with Gasteiger partial charge in [0.15, 0.2) is 5.43 Å². The van der Waals surface area contributed by atoms with Crippen molar-refractivity contribution in [2.45, 2.75) is 65.1 Å². The standard InChI is InChI=1S/C22H30BN5O3/c1-5-31-20(30)22(7-9-23(15-24)10-8-22)14-16-12-17(29)13-18(26-16)27-19-6-11-25-28(19)21(2,3)4/h6,11-13H,5,7-10,14H2,1-4H3,(H2,26,27,29). The molecule has 2 N–H and O–H groups in total. The molecule has 2 aromatic rings. The van der Waals surface area contributed by atoms with Crippen molar-refractivity contribution in [1.29, 1.82) is 5.26 Å². The molecule has 0 atom stereocenters. The van der Waals surface area contributed by atoms with Crippen LogP contribution in [0.25, 0.3) is 0 Å². The van der Waals surface area contributed by atoms with E-state index in [9.17, 15) is 14.9 Å². The molecule has 0 amide bonds. The number of pyridine rings is 1. The predicted octanol–water partition coefficient (Wildman–Crippen LogP) is 3.51. The lowest BCUT2D eigenvalue weighted by Gasteiger charge is -2.35. The summed E-state index contributed by atoms with van der Waals surface area (Å²) in [4.78, 5) is 28.6. The van der Waals surface area contributed by atoms with Crippen LogP contribution in [-0.2, 0) is 21.5 Å². The first-order chi connectivity index (χ1) is 14.7. The number of nitriles is 1. The van der Waals surface area contributed by atoms with Gasteiger partial charge in [-0.3, -0.25) is 9.59 Å². The number of aromatic amines is 1. The highest BCUT2D eigenvalue weighted by Gasteiger charge is 2.44. The second-order valence-electron chi connectivity index (χ2n) is 9.26. The summed E-state index contributed by atoms with van der Waals surface area (Å²) < 4.78 is 7.23. The summed E-state index contributed by atoms with van der Waals surface area (Å²) in [6.45, 7) is 8.20. The Morgan fingerprint density at radius 2 is 2.10 bits per heavy atom. The molecule has 0 aromatic carbocycles. The molecule has 0 unspecified atom stereocenters. The minimum absolute atomic E-state index is 0.0349. The van der Waals surface area contributed by atoms with Crippen molar-refractivity contribution in [2.75, 3.05) is 11.9 Å². The van der Waals surface area contributed by atoms with Crippen LogP contribution in [0.1, 0.15) is 46.2 Å². The van der Waals surface area contributed by atoms with E-state index in [0.29, 0.717) is 50.0 Å². The highest BCUT2D eigenvalue weighted by Crippen LogP contribution is 2.41. The smallest absolute Gasteiger partial charge is 0.312 e. The Kier molecular flexibility index (Phi) is 6.58. The Morgan fingerprint density at radius 3 is 2.71 bits per heavy atom. The van der Waals surface area contributed by atoms with E-state index >= 15 is 0 Å². The average Bonchev–Trinajstić information content (AvgIpc) is 3.17. The summed E-state index contributed by atoms with van der Waals surface area (Å²) in [5, 5.41) is 16.9. The van der Waals surface area contributed by atoms with E-state index in [0.717, 1.165) is 5.82 Å². The minimum atomic E-state index is -0.724. The fourth-order valence-electron chi connectivity index (χ4n) is 4.24. The Balaban J connectivity index is 1.88. The van der Waals surface area contributed by atoms with Gasteiger partial charge in [-0.05, 0) is 40.5 Å². The first kappa shape index (κ1) is 22.7. The van der Waals surface area contributed by atoms with Crippen LogP contribution in [0.4, 0.5) is 11.6 Å². The Hall–Kier alpha value is -3.02. The molecule has 0 saturated carbocycles. The van der Waals surface area contributed by atoms with E-state index in [1.165, 1.54) is 12.1 Å². The SMILES string of the molecule is CCOC(=O)C1(Cc2cc(=O)cc(Nc3ccnn3C(C)(C)C)[nH]2)CCB(C#N)CC1. The number of nitrogens with zero attached hydrogens (tertiary/aromatic N) is 3. The molecule has 8 nitrogen and oxygen atoms in total. The molecule has 0 aliphatic carbocycles. The molecular weight excluding hydrogens is 393 g/mol. The van der Waals surface area contributed by atoms with Gasteiger partial charge in [-0.1, -0.05) is 12.6 Å². The summed E-state index contributed by atoms with van der Waals surface area (Å²) in [5.41, 5.74) is -0.432. The number of H-pyrrole nitrogens is 1. The Bertz CT molecular complexity index is 1020. The number of aromatic nitrogens is 3. The van der Waals surface area contributed by atoms with Gasteiger partial charge in [-0.2, -0.15) is 5.10 Å². The number of hydrogen-bond acceptors (Lipinski definition) is 6. The molecule has 1 aliphatic heterocycles. The van der Waals surface area contributed by atoms with Crippen LogP contribution in [0, 0.1) is 16.6 Å². The normalized spacial score (nSPS) is 15.9. The Morgan fingerprint density at radius 1 is 1.39 bits per heavy atom. The molecule has 3 rings (SSSR count). The first-order valence-corrected chi connectivity index (χ1v) is 10.8. The third kappa shape index (κ3) is 5.19. The third-order valence-electron chi connectivity index (χ3n) is 5.80. The summed E-state index contributed by atoms with van der Waals surface area (Å²) >= 11 is 0. The molecule has 1 fully saturated rings. The van der Waals surface area contributed by atoms with Crippen molar-refractivity contribution >= 4 is 24.3 Å². The first-order valence-electron chi connectivity index (χ1n) is 10.8. The molecule has 2 aromatic heterocycles. The second-order valence-corrected chi connectivity index (χ2v) is 9.26. The molecule has 1 aliphatic rings. The molecule has 164 valence electrons. The molecule has 0 radical (unpaired) electrons. The largest absolute Gasteiger partial charge is 0.466 e. The maximum atomic E-state index is 12.9.